The molecule has 1 aromatic carbocycles. The minimum absolute atomic E-state index is 0.00138. The van der Waals surface area contributed by atoms with Crippen LogP contribution in [0.3, 0.4) is 0 Å². The van der Waals surface area contributed by atoms with Crippen LogP contribution in [0.2, 0.25) is 0 Å². The topological polar surface area (TPSA) is 106 Å². The Morgan fingerprint density at radius 3 is 2.19 bits per heavy atom. The second-order valence-electron chi connectivity index (χ2n) is 5.24. The highest BCUT2D eigenvalue weighted by Crippen LogP contribution is 2.35. The highest BCUT2D eigenvalue weighted by atomic mass is 19.4. The first-order chi connectivity index (χ1) is 12.8. The highest BCUT2D eigenvalue weighted by Gasteiger charge is 2.31. The van der Waals surface area contributed by atoms with Gasteiger partial charge in [-0.15, -0.1) is 0 Å². The van der Waals surface area contributed by atoms with Gasteiger partial charge in [0.2, 0.25) is 11.6 Å². The molecule has 2 N–H and O–H groups in total. The average molecular weight is 376 g/mol. The second kappa shape index (κ2) is 7.23. The summed E-state index contributed by atoms with van der Waals surface area (Å²) in [7, 11) is 0. The lowest BCUT2D eigenvalue weighted by Crippen LogP contribution is -2.07. The van der Waals surface area contributed by atoms with Gasteiger partial charge in [0.1, 0.15) is 6.33 Å². The number of anilines is 4. The van der Waals surface area contributed by atoms with Gasteiger partial charge >= 0.3 is 11.9 Å². The van der Waals surface area contributed by atoms with Gasteiger partial charge in [0.05, 0.1) is 10.5 Å². The van der Waals surface area contributed by atoms with Gasteiger partial charge < -0.3 is 10.6 Å². The molecule has 0 unspecified atom stereocenters. The fourth-order valence-corrected chi connectivity index (χ4v) is 2.22. The Kier molecular flexibility index (Phi) is 4.83. The molecular weight excluding hydrogens is 365 g/mol. The molecular formula is C16H11F3N6O2. The summed E-state index contributed by atoms with van der Waals surface area (Å²) in [5, 5.41) is 16.8. The van der Waals surface area contributed by atoms with Gasteiger partial charge in [-0.3, -0.25) is 15.1 Å². The molecule has 0 fully saturated rings. The van der Waals surface area contributed by atoms with Crippen molar-refractivity contribution in [1.29, 1.82) is 0 Å². The molecule has 0 spiro atoms. The maximum Gasteiger partial charge on any atom is 0.416 e. The summed E-state index contributed by atoms with van der Waals surface area (Å²) in [6.45, 7) is 0. The summed E-state index contributed by atoms with van der Waals surface area (Å²) in [4.78, 5) is 22.3. The standard InChI is InChI=1S/C16H11F3N6O2/c17-16(18,19)10-2-1-3-12(8-10)24-15-13(25(26)27)14(21-9-22-15)23-11-4-6-20-7-5-11/h1-9H,(H2,20,21,22,23,24). The first-order valence-electron chi connectivity index (χ1n) is 7.45. The van der Waals surface area contributed by atoms with E-state index >= 15 is 0 Å². The van der Waals surface area contributed by atoms with Crippen LogP contribution in [-0.4, -0.2) is 19.9 Å². The average Bonchev–Trinajstić information content (AvgIpc) is 2.62. The van der Waals surface area contributed by atoms with E-state index in [0.717, 1.165) is 18.5 Å². The third kappa shape index (κ3) is 4.26. The van der Waals surface area contributed by atoms with E-state index in [1.807, 2.05) is 0 Å². The summed E-state index contributed by atoms with van der Waals surface area (Å²) >= 11 is 0. The predicted octanol–water partition coefficient (Wildman–Crippen LogP) is 4.29. The lowest BCUT2D eigenvalue weighted by Gasteiger charge is -2.12. The Balaban J connectivity index is 1.96. The van der Waals surface area contributed by atoms with Crippen molar-refractivity contribution in [3.63, 3.8) is 0 Å². The SMILES string of the molecule is O=[N+]([O-])c1c(Nc2ccncc2)ncnc1Nc1cccc(C(F)(F)F)c1. The molecule has 3 aromatic rings. The molecule has 0 aliphatic heterocycles. The van der Waals surface area contributed by atoms with Crippen LogP contribution in [0, 0.1) is 10.1 Å². The maximum absolute atomic E-state index is 12.8. The van der Waals surface area contributed by atoms with Crippen molar-refractivity contribution < 1.29 is 18.1 Å². The summed E-state index contributed by atoms with van der Waals surface area (Å²) < 4.78 is 38.5. The molecule has 0 saturated heterocycles. The zero-order valence-corrected chi connectivity index (χ0v) is 13.4. The van der Waals surface area contributed by atoms with Gasteiger partial charge in [0.25, 0.3) is 0 Å². The number of pyridine rings is 1. The molecule has 138 valence electrons. The zero-order chi connectivity index (χ0) is 19.4. The van der Waals surface area contributed by atoms with Gasteiger partial charge in [-0.25, -0.2) is 9.97 Å². The first kappa shape index (κ1) is 18.0. The molecule has 0 atom stereocenters. The molecule has 0 aliphatic carbocycles. The molecule has 8 nitrogen and oxygen atoms in total. The van der Waals surface area contributed by atoms with Crippen LogP contribution >= 0.6 is 0 Å². The van der Waals surface area contributed by atoms with Gasteiger partial charge in [-0.05, 0) is 30.3 Å². The third-order valence-electron chi connectivity index (χ3n) is 3.40. The number of aromatic nitrogens is 3. The fraction of sp³-hybridized carbons (Fsp3) is 0.0625. The van der Waals surface area contributed by atoms with Crippen LogP contribution in [0.5, 0.6) is 0 Å². The number of nitrogens with zero attached hydrogens (tertiary/aromatic N) is 4. The molecule has 0 aliphatic rings. The van der Waals surface area contributed by atoms with E-state index in [2.05, 4.69) is 25.6 Å². The summed E-state index contributed by atoms with van der Waals surface area (Å²) in [6.07, 6.45) is -0.510. The zero-order valence-electron chi connectivity index (χ0n) is 13.4. The van der Waals surface area contributed by atoms with Gasteiger partial charge in [-0.2, -0.15) is 13.2 Å². The molecule has 0 amide bonds. The molecule has 11 heteroatoms. The molecule has 2 heterocycles. The highest BCUT2D eigenvalue weighted by molar-refractivity contribution is 5.76. The summed E-state index contributed by atoms with van der Waals surface area (Å²) in [6, 6.07) is 7.42. The van der Waals surface area contributed by atoms with Crippen molar-refractivity contribution in [2.45, 2.75) is 6.18 Å². The fourth-order valence-electron chi connectivity index (χ4n) is 2.22. The van der Waals surface area contributed by atoms with Crippen LogP contribution in [-0.2, 0) is 6.18 Å². The molecule has 0 bridgehead atoms. The Bertz CT molecular complexity index is 966. The van der Waals surface area contributed by atoms with Crippen molar-refractivity contribution in [2.75, 3.05) is 10.6 Å². The Labute approximate surface area is 150 Å². The van der Waals surface area contributed by atoms with E-state index in [4.69, 9.17) is 0 Å². The minimum atomic E-state index is -4.54. The third-order valence-corrected chi connectivity index (χ3v) is 3.40. The van der Waals surface area contributed by atoms with Crippen LogP contribution in [0.1, 0.15) is 5.56 Å². The number of alkyl halides is 3. The Morgan fingerprint density at radius 1 is 0.963 bits per heavy atom. The monoisotopic (exact) mass is 376 g/mol. The number of rotatable bonds is 5. The van der Waals surface area contributed by atoms with Crippen molar-refractivity contribution in [3.05, 3.63) is 70.8 Å². The van der Waals surface area contributed by atoms with Crippen molar-refractivity contribution in [3.8, 4) is 0 Å². The quantitative estimate of drug-likeness (QED) is 0.505. The van der Waals surface area contributed by atoms with Crippen LogP contribution in [0.15, 0.2) is 55.1 Å². The number of hydrogen-bond donors (Lipinski definition) is 2. The van der Waals surface area contributed by atoms with E-state index < -0.39 is 22.4 Å². The van der Waals surface area contributed by atoms with Crippen molar-refractivity contribution in [1.82, 2.24) is 15.0 Å². The molecule has 2 aromatic heterocycles. The Morgan fingerprint density at radius 2 is 1.59 bits per heavy atom. The van der Waals surface area contributed by atoms with E-state index in [9.17, 15) is 23.3 Å². The van der Waals surface area contributed by atoms with Gasteiger partial charge in [0.15, 0.2) is 0 Å². The van der Waals surface area contributed by atoms with Crippen LogP contribution in [0.4, 0.5) is 41.9 Å². The minimum Gasteiger partial charge on any atom is -0.334 e. The number of nitro groups is 1. The number of nitrogens with one attached hydrogen (secondary N) is 2. The van der Waals surface area contributed by atoms with Gasteiger partial charge in [-0.1, -0.05) is 6.07 Å². The van der Waals surface area contributed by atoms with Crippen molar-refractivity contribution in [2.24, 2.45) is 0 Å². The second-order valence-corrected chi connectivity index (χ2v) is 5.24. The Hall–Kier alpha value is -3.76. The summed E-state index contributed by atoms with van der Waals surface area (Å²) in [5.74, 6) is -0.360. The van der Waals surface area contributed by atoms with Crippen LogP contribution < -0.4 is 10.6 Å². The number of hydrogen-bond acceptors (Lipinski definition) is 7. The molecule has 3 rings (SSSR count). The number of halogens is 3. The van der Waals surface area contributed by atoms with E-state index in [1.54, 1.807) is 12.1 Å². The predicted molar refractivity (Wildman–Crippen MR) is 90.9 cm³/mol. The van der Waals surface area contributed by atoms with E-state index in [-0.39, 0.29) is 17.3 Å². The van der Waals surface area contributed by atoms with Crippen LogP contribution in [0.25, 0.3) is 0 Å². The van der Waals surface area contributed by atoms with E-state index in [1.165, 1.54) is 24.5 Å². The summed E-state index contributed by atoms with van der Waals surface area (Å²) in [5.41, 5.74) is -0.899. The van der Waals surface area contributed by atoms with E-state index in [0.29, 0.717) is 5.69 Å². The first-order valence-corrected chi connectivity index (χ1v) is 7.45. The molecule has 0 radical (unpaired) electrons. The number of benzene rings is 1. The molecule has 27 heavy (non-hydrogen) atoms. The van der Waals surface area contributed by atoms with Gasteiger partial charge in [0, 0.05) is 23.8 Å². The smallest absolute Gasteiger partial charge is 0.334 e. The molecule has 0 saturated carbocycles. The maximum atomic E-state index is 12.8. The lowest BCUT2D eigenvalue weighted by molar-refractivity contribution is -0.383. The lowest BCUT2D eigenvalue weighted by atomic mass is 10.2. The van der Waals surface area contributed by atoms with Crippen molar-refractivity contribution >= 4 is 28.7 Å². The largest absolute Gasteiger partial charge is 0.416 e. The normalized spacial score (nSPS) is 11.1.